The predicted octanol–water partition coefficient (Wildman–Crippen LogP) is 2.64. The number of carbonyl (C=O) groups excluding carboxylic acids is 3. The van der Waals surface area contributed by atoms with Crippen LogP contribution in [-0.4, -0.2) is 41.0 Å². The van der Waals surface area contributed by atoms with Crippen molar-refractivity contribution in [3.63, 3.8) is 0 Å². The third kappa shape index (κ3) is 4.92. The minimum absolute atomic E-state index is 0.467. The van der Waals surface area contributed by atoms with Crippen molar-refractivity contribution in [2.45, 2.75) is 43.9 Å². The van der Waals surface area contributed by atoms with E-state index in [4.69, 9.17) is 14.2 Å². The Hall–Kier alpha value is -2.15. The fourth-order valence-corrected chi connectivity index (χ4v) is 3.35. The van der Waals surface area contributed by atoms with Crippen LogP contribution in [0.25, 0.3) is 5.57 Å². The van der Waals surface area contributed by atoms with Crippen molar-refractivity contribution in [2.75, 3.05) is 0 Å². The van der Waals surface area contributed by atoms with Crippen LogP contribution in [0.1, 0.15) is 26.3 Å². The molecule has 1 aromatic rings. The van der Waals surface area contributed by atoms with E-state index >= 15 is 0 Å². The summed E-state index contributed by atoms with van der Waals surface area (Å²) < 4.78 is 16.2. The Morgan fingerprint density at radius 1 is 0.880 bits per heavy atom. The van der Waals surface area contributed by atoms with E-state index in [1.54, 1.807) is 6.08 Å². The van der Waals surface area contributed by atoms with E-state index in [2.05, 4.69) is 15.9 Å². The highest BCUT2D eigenvalue weighted by Gasteiger charge is 2.45. The first-order valence-corrected chi connectivity index (χ1v) is 8.64. The molecule has 0 unspecified atom stereocenters. The number of ether oxygens (including phenoxy) is 3. The highest BCUT2D eigenvalue weighted by atomic mass is 79.9. The van der Waals surface area contributed by atoms with Gasteiger partial charge in [-0.15, -0.1) is 0 Å². The van der Waals surface area contributed by atoms with E-state index in [0.29, 0.717) is 5.57 Å². The third-order valence-corrected chi connectivity index (χ3v) is 4.62. The number of alkyl halides is 1. The average molecular weight is 411 g/mol. The van der Waals surface area contributed by atoms with E-state index in [1.807, 2.05) is 30.3 Å². The standard InChI is InChI=1S/C18H19BrO6/c1-10(20)23-15-9-14(13-7-5-4-6-8-13)17(24-11(2)21)18(16(15)19)25-12(3)22/h4-9,15-18H,1-3H3/t15-,16+,17+,18+/m1/s1. The summed E-state index contributed by atoms with van der Waals surface area (Å²) in [4.78, 5) is 34.0. The number of benzene rings is 1. The van der Waals surface area contributed by atoms with Gasteiger partial charge in [0.05, 0.1) is 4.83 Å². The van der Waals surface area contributed by atoms with Gasteiger partial charge in [0, 0.05) is 26.3 Å². The van der Waals surface area contributed by atoms with Gasteiger partial charge in [-0.05, 0) is 11.6 Å². The molecule has 1 aromatic carbocycles. The first-order valence-electron chi connectivity index (χ1n) is 7.72. The molecule has 0 amide bonds. The van der Waals surface area contributed by atoms with Crippen LogP contribution in [0.2, 0.25) is 0 Å². The Morgan fingerprint density at radius 2 is 1.44 bits per heavy atom. The molecule has 0 saturated heterocycles. The van der Waals surface area contributed by atoms with E-state index in [0.717, 1.165) is 5.56 Å². The Kier molecular flexibility index (Phi) is 6.36. The van der Waals surface area contributed by atoms with Crippen LogP contribution in [0.3, 0.4) is 0 Å². The zero-order chi connectivity index (χ0) is 18.6. The maximum atomic E-state index is 11.6. The van der Waals surface area contributed by atoms with Gasteiger partial charge in [0.2, 0.25) is 0 Å². The fraction of sp³-hybridized carbons (Fsp3) is 0.389. The minimum Gasteiger partial charge on any atom is -0.457 e. The molecular formula is C18H19BrO6. The molecule has 134 valence electrons. The molecule has 0 aliphatic heterocycles. The molecule has 0 heterocycles. The van der Waals surface area contributed by atoms with Gasteiger partial charge in [-0.1, -0.05) is 46.3 Å². The van der Waals surface area contributed by atoms with E-state index in [9.17, 15) is 14.4 Å². The van der Waals surface area contributed by atoms with Crippen LogP contribution in [0.5, 0.6) is 0 Å². The van der Waals surface area contributed by atoms with Crippen molar-refractivity contribution in [2.24, 2.45) is 0 Å². The minimum atomic E-state index is -0.842. The first-order chi connectivity index (χ1) is 11.8. The summed E-state index contributed by atoms with van der Waals surface area (Å²) in [5, 5.41) is 0. The summed E-state index contributed by atoms with van der Waals surface area (Å²) >= 11 is 3.42. The van der Waals surface area contributed by atoms with Crippen molar-refractivity contribution >= 4 is 39.4 Å². The Labute approximate surface area is 154 Å². The van der Waals surface area contributed by atoms with Gasteiger partial charge < -0.3 is 14.2 Å². The molecule has 0 bridgehead atoms. The summed E-state index contributed by atoms with van der Waals surface area (Å²) in [6.07, 6.45) is -0.626. The summed E-state index contributed by atoms with van der Waals surface area (Å²) in [6.45, 7) is 3.86. The van der Waals surface area contributed by atoms with Crippen molar-refractivity contribution in [3.05, 3.63) is 42.0 Å². The van der Waals surface area contributed by atoms with Crippen molar-refractivity contribution in [1.82, 2.24) is 0 Å². The van der Waals surface area contributed by atoms with Crippen molar-refractivity contribution in [1.29, 1.82) is 0 Å². The van der Waals surface area contributed by atoms with E-state index in [-0.39, 0.29) is 0 Å². The van der Waals surface area contributed by atoms with Gasteiger partial charge in [0.15, 0.2) is 12.2 Å². The average Bonchev–Trinajstić information content (AvgIpc) is 2.53. The molecule has 0 N–H and O–H groups in total. The first kappa shape index (κ1) is 19.2. The highest BCUT2D eigenvalue weighted by Crippen LogP contribution is 2.36. The lowest BCUT2D eigenvalue weighted by atomic mass is 9.87. The summed E-state index contributed by atoms with van der Waals surface area (Å²) in [5.41, 5.74) is 1.39. The van der Waals surface area contributed by atoms with Crippen LogP contribution in [0.4, 0.5) is 0 Å². The molecular weight excluding hydrogens is 392 g/mol. The Balaban J connectivity index is 2.52. The summed E-state index contributed by atoms with van der Waals surface area (Å²) in [6, 6.07) is 9.21. The largest absolute Gasteiger partial charge is 0.457 e. The normalized spacial score (nSPS) is 25.5. The molecule has 0 saturated carbocycles. The molecule has 25 heavy (non-hydrogen) atoms. The second kappa shape index (κ2) is 8.29. The summed E-state index contributed by atoms with van der Waals surface area (Å²) in [5.74, 6) is -1.50. The molecule has 6 nitrogen and oxygen atoms in total. The van der Waals surface area contributed by atoms with Crippen LogP contribution < -0.4 is 0 Å². The van der Waals surface area contributed by atoms with Gasteiger partial charge in [-0.3, -0.25) is 14.4 Å². The molecule has 1 aliphatic rings. The van der Waals surface area contributed by atoms with Crippen LogP contribution >= 0.6 is 15.9 Å². The molecule has 0 spiro atoms. The van der Waals surface area contributed by atoms with E-state index in [1.165, 1.54) is 20.8 Å². The monoisotopic (exact) mass is 410 g/mol. The van der Waals surface area contributed by atoms with Crippen LogP contribution in [0, 0.1) is 0 Å². The maximum absolute atomic E-state index is 11.6. The molecule has 7 heteroatoms. The van der Waals surface area contributed by atoms with Gasteiger partial charge >= 0.3 is 17.9 Å². The zero-order valence-electron chi connectivity index (χ0n) is 14.1. The van der Waals surface area contributed by atoms with Crippen molar-refractivity contribution in [3.8, 4) is 0 Å². The lowest BCUT2D eigenvalue weighted by Crippen LogP contribution is -2.50. The number of hydrogen-bond donors (Lipinski definition) is 0. The molecule has 0 fully saturated rings. The molecule has 1 aliphatic carbocycles. The third-order valence-electron chi connectivity index (χ3n) is 3.58. The predicted molar refractivity (Wildman–Crippen MR) is 93.8 cm³/mol. The van der Waals surface area contributed by atoms with Crippen LogP contribution in [-0.2, 0) is 28.6 Å². The van der Waals surface area contributed by atoms with Crippen molar-refractivity contribution < 1.29 is 28.6 Å². The molecule has 4 atom stereocenters. The van der Waals surface area contributed by atoms with Gasteiger partial charge in [0.25, 0.3) is 0 Å². The fourth-order valence-electron chi connectivity index (χ4n) is 2.70. The zero-order valence-corrected chi connectivity index (χ0v) is 15.7. The molecule has 2 rings (SSSR count). The molecule has 0 radical (unpaired) electrons. The topological polar surface area (TPSA) is 78.9 Å². The highest BCUT2D eigenvalue weighted by molar-refractivity contribution is 9.09. The quantitative estimate of drug-likeness (QED) is 0.431. The van der Waals surface area contributed by atoms with E-state index < -0.39 is 41.0 Å². The SMILES string of the molecule is CC(=O)O[C@H]1[C@@H](Br)[C@H](OC(C)=O)C=C(c2ccccc2)[C@@H]1OC(C)=O. The summed E-state index contributed by atoms with van der Waals surface area (Å²) in [7, 11) is 0. The maximum Gasteiger partial charge on any atom is 0.303 e. The Bertz CT molecular complexity index is 684. The van der Waals surface area contributed by atoms with Gasteiger partial charge in [-0.2, -0.15) is 0 Å². The lowest BCUT2D eigenvalue weighted by Gasteiger charge is -2.38. The lowest BCUT2D eigenvalue weighted by molar-refractivity contribution is -0.164. The number of halogens is 1. The Morgan fingerprint density at radius 3 is 1.96 bits per heavy atom. The number of hydrogen-bond acceptors (Lipinski definition) is 6. The second-order valence-electron chi connectivity index (χ2n) is 5.61. The smallest absolute Gasteiger partial charge is 0.303 e. The van der Waals surface area contributed by atoms with Gasteiger partial charge in [-0.25, -0.2) is 0 Å². The number of rotatable bonds is 4. The van der Waals surface area contributed by atoms with Crippen LogP contribution in [0.15, 0.2) is 36.4 Å². The molecule has 0 aromatic heterocycles. The number of carbonyl (C=O) groups is 3. The van der Waals surface area contributed by atoms with Gasteiger partial charge in [0.1, 0.15) is 6.10 Å². The second-order valence-corrected chi connectivity index (χ2v) is 6.67. The number of esters is 3.